The quantitative estimate of drug-likeness (QED) is 0.0532. The van der Waals surface area contributed by atoms with E-state index in [1.165, 1.54) is 0 Å². The monoisotopic (exact) mass is 1310 g/mol. The molecule has 5 aliphatic rings. The van der Waals surface area contributed by atoms with Crippen LogP contribution in [0.15, 0.2) is 92.2 Å². The van der Waals surface area contributed by atoms with E-state index in [4.69, 9.17) is 65.5 Å². The maximum atomic E-state index is 13.9. The summed E-state index contributed by atoms with van der Waals surface area (Å²) in [7, 11) is 0.603. The third kappa shape index (κ3) is 18.4. The summed E-state index contributed by atoms with van der Waals surface area (Å²) in [5.74, 6) is -0.996. The van der Waals surface area contributed by atoms with Crippen molar-refractivity contribution in [3.63, 3.8) is 0 Å². The van der Waals surface area contributed by atoms with Gasteiger partial charge in [-0.25, -0.2) is 14.8 Å². The molecular weight excluding hydrogens is 1200 g/mol. The second-order valence-electron chi connectivity index (χ2n) is 27.9. The first kappa shape index (κ1) is 71.1. The van der Waals surface area contributed by atoms with Crippen molar-refractivity contribution in [3.8, 4) is 0 Å². The molecule has 15 nitrogen and oxygen atoms in total. The summed E-state index contributed by atoms with van der Waals surface area (Å²) < 4.78 is 79.9. The van der Waals surface area contributed by atoms with Crippen LogP contribution in [0.3, 0.4) is 0 Å². The van der Waals surface area contributed by atoms with Crippen molar-refractivity contribution in [2.45, 2.75) is 274 Å². The van der Waals surface area contributed by atoms with E-state index in [1.54, 1.807) is 39.9 Å². The molecular formula is C69H107BrN2O13Si2. The van der Waals surface area contributed by atoms with Crippen LogP contribution in [0, 0.1) is 11.8 Å². The minimum atomic E-state index is -2.44. The number of ether oxygens (including phenoxy) is 8. The van der Waals surface area contributed by atoms with E-state index >= 15 is 0 Å². The van der Waals surface area contributed by atoms with Gasteiger partial charge in [0.15, 0.2) is 20.0 Å². The lowest BCUT2D eigenvalue weighted by molar-refractivity contribution is -0.297. The second kappa shape index (κ2) is 31.3. The van der Waals surface area contributed by atoms with Gasteiger partial charge in [-0.3, -0.25) is 0 Å². The Bertz CT molecular complexity index is 2720. The Balaban J connectivity index is 1.14. The van der Waals surface area contributed by atoms with Gasteiger partial charge in [0.1, 0.15) is 36.1 Å². The van der Waals surface area contributed by atoms with E-state index in [9.17, 15) is 4.79 Å². The highest BCUT2D eigenvalue weighted by atomic mass is 79.9. The SMILES string of the molecule is C=C1C[C@@H]2C[C@@H]3C[C@H](O[Si](C)(C)C(C)(C)C)C[C@@H](O3)c3coc(n3)/C=C/C[C@H]3O[C@@H](/C(C)=C/c4coc(C[C@]5(OC)C[C@H](OC)C[C@H]([C@@H](/C=C(C)/C=C/[C@@H](C/C=C/Br)OC)O[Si](C(C)C)(C(C)C)C(C)C)O5)n4)[C@H](C)[C@@H](OC(=O)/C=C\C[C@@H](C1)O2)[C@H]3C. The number of aromatic nitrogens is 2. The fraction of sp³-hybridized carbons (Fsp3) is 0.696. The molecule has 0 saturated carbocycles. The van der Waals surface area contributed by atoms with Crippen LogP contribution in [-0.2, 0) is 58.0 Å². The van der Waals surface area contributed by atoms with Crippen LogP contribution < -0.4 is 0 Å². The number of allylic oxidation sites excluding steroid dienone is 2. The first-order valence-corrected chi connectivity index (χ1v) is 38.1. The van der Waals surface area contributed by atoms with E-state index in [0.717, 1.165) is 48.1 Å². The number of carbonyl (C=O) groups is 1. The molecule has 0 unspecified atom stereocenters. The summed E-state index contributed by atoms with van der Waals surface area (Å²) >= 11 is 3.39. The third-order valence-electron chi connectivity index (χ3n) is 19.5. The first-order chi connectivity index (χ1) is 41.1. The zero-order valence-electron chi connectivity index (χ0n) is 55.8. The molecule has 7 heterocycles. The number of halogens is 1. The van der Waals surface area contributed by atoms with E-state index in [2.05, 4.69) is 137 Å². The number of hydrogen-bond donors (Lipinski definition) is 0. The lowest BCUT2D eigenvalue weighted by Crippen LogP contribution is -2.57. The predicted octanol–water partition coefficient (Wildman–Crippen LogP) is 16.6. The maximum absolute atomic E-state index is 13.9. The molecule has 486 valence electrons. The fourth-order valence-electron chi connectivity index (χ4n) is 13.9. The van der Waals surface area contributed by atoms with Gasteiger partial charge in [0.25, 0.3) is 0 Å². The Hall–Kier alpha value is -3.38. The number of fused-ring (bicyclic) bond motifs is 9. The minimum Gasteiger partial charge on any atom is -0.458 e. The third-order valence-corrected chi connectivity index (χ3v) is 30.5. The van der Waals surface area contributed by atoms with Crippen molar-refractivity contribution < 1.29 is 60.4 Å². The molecule has 2 aromatic rings. The van der Waals surface area contributed by atoms with Gasteiger partial charge in [-0.1, -0.05) is 146 Å². The highest BCUT2D eigenvalue weighted by molar-refractivity contribution is 9.11. The highest BCUT2D eigenvalue weighted by Crippen LogP contribution is 2.47. The number of rotatable bonds is 20. The van der Waals surface area contributed by atoms with Gasteiger partial charge in [-0.05, 0) is 110 Å². The molecule has 0 radical (unpaired) electrons. The van der Waals surface area contributed by atoms with Crippen LogP contribution in [0.2, 0.25) is 34.8 Å². The summed E-state index contributed by atoms with van der Waals surface area (Å²) in [6.07, 6.45) is 24.9. The Morgan fingerprint density at radius 1 is 0.862 bits per heavy atom. The van der Waals surface area contributed by atoms with Gasteiger partial charge in [0.2, 0.25) is 14.2 Å². The molecule has 7 rings (SSSR count). The van der Waals surface area contributed by atoms with E-state index in [1.807, 2.05) is 42.3 Å². The standard InChI is InChI=1S/C69H107BrN2O13Si2/c1-43(2)87(44(3)4,45(5)6)85-62(33-46(7)28-29-52(74-15)24-22-30-70)61-38-57(75-16)39-69(76-17,83-61)40-64-71-51(41-77-64)34-48(9)66-50(11)67-49(10)59(81-66)25-21-26-63-72-58(42-78-63)60-37-56(84-86(18,19)68(12,13)14)36-55(80-60)35-54-32-47(8)31-53(79-54)23-20-27-65(73)82-67/h20-22,26-30,33-34,41-45,49-50,52-57,59-62,66-67H,8,23-25,31-32,35-40H2,1-7,9-19H3/b26-21+,27-20-,29-28+,30-22+,46-33+,48-34+/t49-,50-,52+,53-,54+,55+,56-,57+,59+,60+,61+,62+,66-,67-,69-/m0/s1. The van der Waals surface area contributed by atoms with E-state index < -0.39 is 52.8 Å². The average Bonchev–Trinajstić information content (AvgIpc) is 2.23. The summed E-state index contributed by atoms with van der Waals surface area (Å²) in [5.41, 5.74) is 5.47. The molecule has 0 amide bonds. The number of oxazole rings is 2. The number of carbonyl (C=O) groups excluding carboxylic acids is 1. The van der Waals surface area contributed by atoms with Crippen LogP contribution >= 0.6 is 15.9 Å². The predicted molar refractivity (Wildman–Crippen MR) is 352 cm³/mol. The van der Waals surface area contributed by atoms with E-state index in [0.29, 0.717) is 72.6 Å². The lowest BCUT2D eigenvalue weighted by Gasteiger charge is -2.49. The Morgan fingerprint density at radius 3 is 2.24 bits per heavy atom. The van der Waals surface area contributed by atoms with Gasteiger partial charge in [-0.15, -0.1) is 0 Å². The Morgan fingerprint density at radius 2 is 1.57 bits per heavy atom. The summed E-state index contributed by atoms with van der Waals surface area (Å²) in [5, 5.41) is 0.0535. The Labute approximate surface area is 532 Å². The van der Waals surface area contributed by atoms with Crippen LogP contribution in [-0.4, -0.2) is 127 Å². The Kier molecular flexibility index (Phi) is 25.6. The molecule has 4 fully saturated rings. The normalized spacial score (nSPS) is 32.0. The number of esters is 1. The lowest BCUT2D eigenvalue weighted by atomic mass is 9.79. The number of hydrogen-bond acceptors (Lipinski definition) is 15. The fourth-order valence-corrected chi connectivity index (χ4v) is 21.0. The molecule has 5 aliphatic heterocycles. The van der Waals surface area contributed by atoms with Crippen LogP contribution in [0.25, 0.3) is 12.2 Å². The zero-order chi connectivity index (χ0) is 63.6. The topological polar surface area (TPSA) is 161 Å². The average molecular weight is 1310 g/mol. The minimum absolute atomic E-state index is 0.00297. The summed E-state index contributed by atoms with van der Waals surface area (Å²) in [4.78, 5) is 25.8. The van der Waals surface area contributed by atoms with Crippen molar-refractivity contribution in [2.24, 2.45) is 11.8 Å². The van der Waals surface area contributed by atoms with Gasteiger partial charge in [0, 0.05) is 64.9 Å². The van der Waals surface area contributed by atoms with Crippen LogP contribution in [0.4, 0.5) is 0 Å². The summed E-state index contributed by atoms with van der Waals surface area (Å²) in [6, 6.07) is 0. The molecule has 15 atom stereocenters. The summed E-state index contributed by atoms with van der Waals surface area (Å²) in [6.45, 7) is 38.0. The van der Waals surface area contributed by atoms with Crippen molar-refractivity contribution in [2.75, 3.05) is 21.3 Å². The number of nitrogens with zero attached hydrogens (tertiary/aromatic N) is 2. The van der Waals surface area contributed by atoms with Crippen molar-refractivity contribution in [1.29, 1.82) is 0 Å². The largest absolute Gasteiger partial charge is 0.458 e. The molecule has 2 aromatic heterocycles. The molecule has 0 aromatic carbocycles. The number of methoxy groups -OCH3 is 3. The van der Waals surface area contributed by atoms with Gasteiger partial charge in [-0.2, -0.15) is 0 Å². The molecule has 0 aliphatic carbocycles. The smallest absolute Gasteiger partial charge is 0.330 e. The molecule has 18 heteroatoms. The first-order valence-electron chi connectivity index (χ1n) is 32.1. The molecule has 8 bridgehead atoms. The van der Waals surface area contributed by atoms with Gasteiger partial charge >= 0.3 is 5.97 Å². The zero-order valence-corrected chi connectivity index (χ0v) is 59.4. The van der Waals surface area contributed by atoms with Crippen LogP contribution in [0.1, 0.15) is 183 Å². The highest BCUT2D eigenvalue weighted by Gasteiger charge is 2.52. The maximum Gasteiger partial charge on any atom is 0.330 e. The molecule has 4 saturated heterocycles. The van der Waals surface area contributed by atoms with Crippen molar-refractivity contribution in [1.82, 2.24) is 9.97 Å². The van der Waals surface area contributed by atoms with Crippen molar-refractivity contribution >= 4 is 50.7 Å². The van der Waals surface area contributed by atoms with Gasteiger partial charge in [0.05, 0.1) is 67.5 Å². The van der Waals surface area contributed by atoms with E-state index in [-0.39, 0.29) is 72.1 Å². The van der Waals surface area contributed by atoms with Crippen molar-refractivity contribution in [3.05, 3.63) is 107 Å². The molecule has 0 N–H and O–H groups in total. The second-order valence-corrected chi connectivity index (χ2v) is 38.6. The van der Waals surface area contributed by atoms with Gasteiger partial charge < -0.3 is 55.6 Å². The molecule has 0 spiro atoms. The van der Waals surface area contributed by atoms with Crippen LogP contribution in [0.5, 0.6) is 0 Å². The molecule has 87 heavy (non-hydrogen) atoms.